The highest BCUT2D eigenvalue weighted by Gasteiger charge is 2.23. The number of allylic oxidation sites excluding steroid dienone is 1. The Morgan fingerprint density at radius 3 is 3.04 bits per heavy atom. The second kappa shape index (κ2) is 7.53. The summed E-state index contributed by atoms with van der Waals surface area (Å²) in [6, 6.07) is 2.13. The number of aromatic nitrogens is 2. The van der Waals surface area contributed by atoms with E-state index in [-0.39, 0.29) is 16.7 Å². The molecule has 1 fully saturated rings. The van der Waals surface area contributed by atoms with Crippen LogP contribution < -0.4 is 10.9 Å². The van der Waals surface area contributed by atoms with Crippen molar-refractivity contribution in [1.82, 2.24) is 14.9 Å². The summed E-state index contributed by atoms with van der Waals surface area (Å²) >= 11 is 2.72. The van der Waals surface area contributed by atoms with Crippen molar-refractivity contribution in [2.24, 2.45) is 0 Å². The highest BCUT2D eigenvalue weighted by Crippen LogP contribution is 2.25. The summed E-state index contributed by atoms with van der Waals surface area (Å²) in [6.45, 7) is 5.96. The molecule has 5 nitrogen and oxygen atoms in total. The van der Waals surface area contributed by atoms with Gasteiger partial charge in [-0.15, -0.1) is 17.9 Å². The van der Waals surface area contributed by atoms with Crippen molar-refractivity contribution < 1.29 is 4.79 Å². The van der Waals surface area contributed by atoms with E-state index in [2.05, 4.69) is 16.9 Å². The van der Waals surface area contributed by atoms with Crippen molar-refractivity contribution >= 4 is 39.2 Å². The lowest BCUT2D eigenvalue weighted by atomic mass is 10.2. The number of carbonyl (C=O) groups excluding carboxylic acids is 1. The van der Waals surface area contributed by atoms with Gasteiger partial charge in [0.05, 0.1) is 10.8 Å². The van der Waals surface area contributed by atoms with E-state index < -0.39 is 0 Å². The van der Waals surface area contributed by atoms with Gasteiger partial charge in [0, 0.05) is 12.6 Å². The Morgan fingerprint density at radius 1 is 1.58 bits per heavy atom. The third-order valence-corrected chi connectivity index (χ3v) is 6.18. The predicted octanol–water partition coefficient (Wildman–Crippen LogP) is 3.18. The Labute approximate surface area is 149 Å². The number of hydrogen-bond donors (Lipinski definition) is 1. The molecular formula is C17H21N3O2S2. The molecule has 0 spiro atoms. The number of hydrogen-bond acceptors (Lipinski definition) is 5. The molecule has 0 saturated heterocycles. The Balaban J connectivity index is 1.82. The van der Waals surface area contributed by atoms with Crippen LogP contribution in [0.5, 0.6) is 0 Å². The molecule has 1 saturated carbocycles. The van der Waals surface area contributed by atoms with Gasteiger partial charge in [-0.1, -0.05) is 30.7 Å². The quantitative estimate of drug-likeness (QED) is 0.486. The fraction of sp³-hybridized carbons (Fsp3) is 0.471. The zero-order chi connectivity index (χ0) is 17.1. The van der Waals surface area contributed by atoms with Crippen LogP contribution in [0.3, 0.4) is 0 Å². The predicted molar refractivity (Wildman–Crippen MR) is 99.8 cm³/mol. The van der Waals surface area contributed by atoms with Crippen molar-refractivity contribution in [2.75, 3.05) is 0 Å². The number of nitrogens with zero attached hydrogens (tertiary/aromatic N) is 2. The molecule has 1 aliphatic rings. The molecule has 0 radical (unpaired) electrons. The summed E-state index contributed by atoms with van der Waals surface area (Å²) in [5.74, 6) is 0.0108. The highest BCUT2D eigenvalue weighted by molar-refractivity contribution is 8.00. The van der Waals surface area contributed by atoms with Gasteiger partial charge in [-0.05, 0) is 31.2 Å². The average Bonchev–Trinajstić information content (AvgIpc) is 3.22. The van der Waals surface area contributed by atoms with Gasteiger partial charge in [-0.3, -0.25) is 14.2 Å². The van der Waals surface area contributed by atoms with Crippen LogP contribution in [0.15, 0.2) is 34.1 Å². The van der Waals surface area contributed by atoms with Crippen LogP contribution in [-0.2, 0) is 11.3 Å². The van der Waals surface area contributed by atoms with Gasteiger partial charge in [0.2, 0.25) is 5.91 Å². The summed E-state index contributed by atoms with van der Waals surface area (Å²) in [4.78, 5) is 29.6. The van der Waals surface area contributed by atoms with Crippen LogP contribution in [0.1, 0.15) is 32.6 Å². The lowest BCUT2D eigenvalue weighted by molar-refractivity contribution is -0.120. The molecule has 0 aliphatic heterocycles. The van der Waals surface area contributed by atoms with Crippen molar-refractivity contribution in [2.45, 2.75) is 55.6 Å². The average molecular weight is 364 g/mol. The molecular weight excluding hydrogens is 342 g/mol. The zero-order valence-electron chi connectivity index (χ0n) is 13.7. The van der Waals surface area contributed by atoms with Gasteiger partial charge >= 0.3 is 0 Å². The lowest BCUT2D eigenvalue weighted by Gasteiger charge is -2.17. The number of carbonyl (C=O) groups is 1. The molecule has 1 aliphatic carbocycles. The zero-order valence-corrected chi connectivity index (χ0v) is 15.3. The molecule has 1 amide bonds. The number of rotatable bonds is 6. The van der Waals surface area contributed by atoms with E-state index in [0.717, 1.165) is 12.8 Å². The van der Waals surface area contributed by atoms with Crippen molar-refractivity contribution in [1.29, 1.82) is 0 Å². The minimum Gasteiger partial charge on any atom is -0.352 e. The first-order valence-corrected chi connectivity index (χ1v) is 9.92. The van der Waals surface area contributed by atoms with E-state index in [1.807, 2.05) is 18.4 Å². The Morgan fingerprint density at radius 2 is 2.33 bits per heavy atom. The number of fused-ring (bicyclic) bond motifs is 1. The van der Waals surface area contributed by atoms with Crippen LogP contribution >= 0.6 is 23.1 Å². The standard InChI is InChI=1S/C17H21N3O2S2/c1-3-9-20-16(22)14-13(8-10-23-14)19-17(20)24-11(2)15(21)18-12-6-4-5-7-12/h3,8,10-12H,1,4-7,9H2,2H3,(H,18,21)/t11-/m0/s1. The molecule has 2 heterocycles. The smallest absolute Gasteiger partial charge is 0.272 e. The van der Waals surface area contributed by atoms with Crippen molar-refractivity contribution in [3.8, 4) is 0 Å². The SMILES string of the molecule is C=CCn1c(S[C@@H](C)C(=O)NC2CCCC2)nc2ccsc2c1=O. The largest absolute Gasteiger partial charge is 0.352 e. The van der Waals surface area contributed by atoms with E-state index in [1.54, 1.807) is 10.6 Å². The molecule has 1 atom stereocenters. The fourth-order valence-electron chi connectivity index (χ4n) is 2.90. The first-order chi connectivity index (χ1) is 11.6. The van der Waals surface area contributed by atoms with Gasteiger partial charge < -0.3 is 5.32 Å². The Kier molecular flexibility index (Phi) is 5.40. The third-order valence-electron chi connectivity index (χ3n) is 4.20. The van der Waals surface area contributed by atoms with E-state index in [9.17, 15) is 9.59 Å². The van der Waals surface area contributed by atoms with E-state index in [1.165, 1.54) is 35.9 Å². The van der Waals surface area contributed by atoms with Gasteiger partial charge in [-0.2, -0.15) is 0 Å². The number of thioether (sulfide) groups is 1. The van der Waals surface area contributed by atoms with E-state index in [0.29, 0.717) is 28.0 Å². The summed E-state index contributed by atoms with van der Waals surface area (Å²) < 4.78 is 2.24. The number of thiophene rings is 1. The van der Waals surface area contributed by atoms with Crippen molar-refractivity contribution in [3.05, 3.63) is 34.5 Å². The monoisotopic (exact) mass is 363 g/mol. The molecule has 0 bridgehead atoms. The third kappa shape index (κ3) is 3.57. The van der Waals surface area contributed by atoms with Crippen LogP contribution in [-0.4, -0.2) is 26.8 Å². The summed E-state index contributed by atoms with van der Waals surface area (Å²) in [6.07, 6.45) is 6.16. The van der Waals surface area contributed by atoms with Crippen LogP contribution in [0.25, 0.3) is 10.2 Å². The maximum atomic E-state index is 12.6. The first-order valence-electron chi connectivity index (χ1n) is 8.16. The molecule has 2 aromatic rings. The van der Waals surface area contributed by atoms with Crippen LogP contribution in [0.4, 0.5) is 0 Å². The Hall–Kier alpha value is -1.60. The molecule has 3 rings (SSSR count). The summed E-state index contributed by atoms with van der Waals surface area (Å²) in [7, 11) is 0. The minimum atomic E-state index is -0.301. The van der Waals surface area contributed by atoms with Gasteiger partial charge in [0.15, 0.2) is 5.16 Å². The number of amides is 1. The second-order valence-corrected chi connectivity index (χ2v) is 8.21. The second-order valence-electron chi connectivity index (χ2n) is 5.98. The van der Waals surface area contributed by atoms with Crippen LogP contribution in [0.2, 0.25) is 0 Å². The molecule has 0 aromatic carbocycles. The maximum absolute atomic E-state index is 12.6. The normalized spacial score (nSPS) is 16.4. The fourth-order valence-corrected chi connectivity index (χ4v) is 4.61. The van der Waals surface area contributed by atoms with E-state index >= 15 is 0 Å². The van der Waals surface area contributed by atoms with Crippen molar-refractivity contribution in [3.63, 3.8) is 0 Å². The minimum absolute atomic E-state index is 0.0108. The summed E-state index contributed by atoms with van der Waals surface area (Å²) in [5.41, 5.74) is 0.622. The van der Waals surface area contributed by atoms with Gasteiger partial charge in [0.1, 0.15) is 4.70 Å². The van der Waals surface area contributed by atoms with E-state index in [4.69, 9.17) is 0 Å². The molecule has 1 N–H and O–H groups in total. The molecule has 0 unspecified atom stereocenters. The lowest BCUT2D eigenvalue weighted by Crippen LogP contribution is -2.38. The summed E-state index contributed by atoms with van der Waals surface area (Å²) in [5, 5.41) is 5.24. The van der Waals surface area contributed by atoms with Crippen LogP contribution in [0, 0.1) is 0 Å². The maximum Gasteiger partial charge on any atom is 0.272 e. The Bertz CT molecular complexity index is 806. The molecule has 24 heavy (non-hydrogen) atoms. The molecule has 7 heteroatoms. The van der Waals surface area contributed by atoms with Gasteiger partial charge in [0.25, 0.3) is 5.56 Å². The first kappa shape index (κ1) is 17.2. The molecule has 2 aromatic heterocycles. The van der Waals surface area contributed by atoms with Gasteiger partial charge in [-0.25, -0.2) is 4.98 Å². The topological polar surface area (TPSA) is 64.0 Å². The number of nitrogens with one attached hydrogen (secondary N) is 1. The molecule has 128 valence electrons. The highest BCUT2D eigenvalue weighted by atomic mass is 32.2.